The van der Waals surface area contributed by atoms with Gasteiger partial charge in [0.15, 0.2) is 0 Å². The number of likely N-dealkylation sites (tertiary alicyclic amines) is 1. The second-order valence-electron chi connectivity index (χ2n) is 5.33. The summed E-state index contributed by atoms with van der Waals surface area (Å²) in [5, 5.41) is 8.97. The highest BCUT2D eigenvalue weighted by molar-refractivity contribution is 5.80. The third kappa shape index (κ3) is 3.17. The molecule has 1 amide bonds. The van der Waals surface area contributed by atoms with E-state index >= 15 is 0 Å². The lowest BCUT2D eigenvalue weighted by molar-refractivity contribution is -0.138. The van der Waals surface area contributed by atoms with E-state index < -0.39 is 11.9 Å². The van der Waals surface area contributed by atoms with Crippen LogP contribution < -0.4 is 5.73 Å². The van der Waals surface area contributed by atoms with E-state index in [0.29, 0.717) is 6.54 Å². The number of primary amides is 1. The van der Waals surface area contributed by atoms with Gasteiger partial charge in [0.1, 0.15) is 0 Å². The summed E-state index contributed by atoms with van der Waals surface area (Å²) in [7, 11) is 0. The Morgan fingerprint density at radius 3 is 2.60 bits per heavy atom. The molecule has 1 aromatic carbocycles. The molecule has 0 radical (unpaired) electrons. The fourth-order valence-electron chi connectivity index (χ4n) is 2.63. The molecule has 20 heavy (non-hydrogen) atoms. The predicted octanol–water partition coefficient (Wildman–Crippen LogP) is 1.32. The molecule has 0 saturated carbocycles. The second-order valence-corrected chi connectivity index (χ2v) is 5.33. The molecule has 1 heterocycles. The molecule has 0 aliphatic carbocycles. The van der Waals surface area contributed by atoms with Crippen LogP contribution in [0.25, 0.3) is 0 Å². The molecule has 0 bridgehead atoms. The number of hydrogen-bond acceptors (Lipinski definition) is 3. The van der Waals surface area contributed by atoms with E-state index in [0.717, 1.165) is 30.5 Å². The van der Waals surface area contributed by atoms with Gasteiger partial charge in [0, 0.05) is 6.54 Å². The van der Waals surface area contributed by atoms with E-state index in [4.69, 9.17) is 10.8 Å². The fourth-order valence-corrected chi connectivity index (χ4v) is 2.63. The zero-order chi connectivity index (χ0) is 14.7. The average Bonchev–Trinajstić information content (AvgIpc) is 2.87. The van der Waals surface area contributed by atoms with Crippen LogP contribution >= 0.6 is 0 Å². The molecule has 0 spiro atoms. The van der Waals surface area contributed by atoms with Gasteiger partial charge in [0.05, 0.1) is 12.0 Å². The van der Waals surface area contributed by atoms with Crippen LogP contribution in [0, 0.1) is 0 Å². The van der Waals surface area contributed by atoms with E-state index in [2.05, 4.69) is 4.90 Å². The molecule has 2 atom stereocenters. The Bertz CT molecular complexity index is 498. The smallest absolute Gasteiger partial charge is 0.310 e. The first-order chi connectivity index (χ1) is 9.49. The largest absolute Gasteiger partial charge is 0.481 e. The van der Waals surface area contributed by atoms with Crippen LogP contribution in [-0.2, 0) is 16.1 Å². The minimum Gasteiger partial charge on any atom is -0.481 e. The van der Waals surface area contributed by atoms with Crippen molar-refractivity contribution in [2.45, 2.75) is 38.3 Å². The molecular formula is C15H20N2O3. The van der Waals surface area contributed by atoms with Gasteiger partial charge in [0.2, 0.25) is 5.91 Å². The second kappa shape index (κ2) is 6.05. The third-order valence-electron chi connectivity index (χ3n) is 3.93. The van der Waals surface area contributed by atoms with Crippen molar-refractivity contribution in [3.8, 4) is 0 Å². The van der Waals surface area contributed by atoms with Crippen molar-refractivity contribution in [2.24, 2.45) is 5.73 Å². The summed E-state index contributed by atoms with van der Waals surface area (Å²) < 4.78 is 0. The van der Waals surface area contributed by atoms with E-state index in [1.807, 2.05) is 24.3 Å². The van der Waals surface area contributed by atoms with Gasteiger partial charge in [-0.05, 0) is 37.4 Å². The Labute approximate surface area is 118 Å². The summed E-state index contributed by atoms with van der Waals surface area (Å²) in [4.78, 5) is 24.3. The fraction of sp³-hybridized carbons (Fsp3) is 0.467. The molecule has 1 saturated heterocycles. The quantitative estimate of drug-likeness (QED) is 0.849. The van der Waals surface area contributed by atoms with Crippen molar-refractivity contribution in [1.29, 1.82) is 0 Å². The van der Waals surface area contributed by atoms with Gasteiger partial charge in [0.25, 0.3) is 0 Å². The third-order valence-corrected chi connectivity index (χ3v) is 3.93. The number of benzene rings is 1. The predicted molar refractivity (Wildman–Crippen MR) is 75.1 cm³/mol. The molecule has 2 unspecified atom stereocenters. The molecule has 1 aromatic rings. The van der Waals surface area contributed by atoms with Crippen molar-refractivity contribution in [1.82, 2.24) is 4.90 Å². The van der Waals surface area contributed by atoms with Gasteiger partial charge >= 0.3 is 5.97 Å². The van der Waals surface area contributed by atoms with Gasteiger partial charge in [-0.15, -0.1) is 0 Å². The number of rotatable bonds is 5. The first-order valence-corrected chi connectivity index (χ1v) is 6.84. The van der Waals surface area contributed by atoms with Gasteiger partial charge in [-0.25, -0.2) is 0 Å². The van der Waals surface area contributed by atoms with Gasteiger partial charge in [-0.3, -0.25) is 14.5 Å². The summed E-state index contributed by atoms with van der Waals surface area (Å²) in [6.45, 7) is 3.22. The Kier molecular flexibility index (Phi) is 4.39. The standard InChI is InChI=1S/C15H20N2O3/c1-10(15(19)20)12-6-4-11(5-7-12)9-17-8-2-3-13(17)14(16)18/h4-7,10,13H,2-3,8-9H2,1H3,(H2,16,18)(H,19,20). The van der Waals surface area contributed by atoms with E-state index in [-0.39, 0.29) is 11.9 Å². The zero-order valence-electron chi connectivity index (χ0n) is 11.6. The number of nitrogens with two attached hydrogens (primary N) is 1. The van der Waals surface area contributed by atoms with E-state index in [1.165, 1.54) is 0 Å². The number of carboxylic acids is 1. The maximum absolute atomic E-state index is 11.3. The number of carbonyl (C=O) groups is 2. The highest BCUT2D eigenvalue weighted by Gasteiger charge is 2.28. The SMILES string of the molecule is CC(C(=O)O)c1ccc(CN2CCCC2C(N)=O)cc1. The van der Waals surface area contributed by atoms with Crippen LogP contribution in [0.5, 0.6) is 0 Å². The normalized spacial score (nSPS) is 20.8. The van der Waals surface area contributed by atoms with Crippen molar-refractivity contribution in [3.63, 3.8) is 0 Å². The maximum atomic E-state index is 11.3. The Hall–Kier alpha value is -1.88. The van der Waals surface area contributed by atoms with Crippen molar-refractivity contribution in [3.05, 3.63) is 35.4 Å². The minimum absolute atomic E-state index is 0.174. The number of amides is 1. The molecule has 1 aliphatic rings. The van der Waals surface area contributed by atoms with Crippen molar-refractivity contribution in [2.75, 3.05) is 6.54 Å². The lowest BCUT2D eigenvalue weighted by Gasteiger charge is -2.22. The van der Waals surface area contributed by atoms with Gasteiger partial charge < -0.3 is 10.8 Å². The number of aliphatic carboxylic acids is 1. The molecule has 2 rings (SSSR count). The van der Waals surface area contributed by atoms with E-state index in [1.54, 1.807) is 6.92 Å². The molecule has 5 heteroatoms. The average molecular weight is 276 g/mol. The first kappa shape index (κ1) is 14.5. The molecule has 1 fully saturated rings. The summed E-state index contributed by atoms with van der Waals surface area (Å²) in [5.41, 5.74) is 7.25. The van der Waals surface area contributed by atoms with Gasteiger partial charge in [-0.2, -0.15) is 0 Å². The zero-order valence-corrected chi connectivity index (χ0v) is 11.6. The molecule has 0 aromatic heterocycles. The van der Waals surface area contributed by atoms with Crippen LogP contribution in [0.2, 0.25) is 0 Å². The summed E-state index contributed by atoms with van der Waals surface area (Å²) >= 11 is 0. The first-order valence-electron chi connectivity index (χ1n) is 6.84. The monoisotopic (exact) mass is 276 g/mol. The van der Waals surface area contributed by atoms with Crippen LogP contribution in [-0.4, -0.2) is 34.5 Å². The minimum atomic E-state index is -0.828. The van der Waals surface area contributed by atoms with Crippen LogP contribution in [0.15, 0.2) is 24.3 Å². The van der Waals surface area contributed by atoms with Crippen LogP contribution in [0.3, 0.4) is 0 Å². The lowest BCUT2D eigenvalue weighted by atomic mass is 10.00. The summed E-state index contributed by atoms with van der Waals surface area (Å²) in [6.07, 6.45) is 1.81. The molecule has 5 nitrogen and oxygen atoms in total. The number of carbonyl (C=O) groups excluding carboxylic acids is 1. The van der Waals surface area contributed by atoms with Crippen molar-refractivity contribution >= 4 is 11.9 Å². The summed E-state index contributed by atoms with van der Waals surface area (Å²) in [6, 6.07) is 7.34. The lowest BCUT2D eigenvalue weighted by Crippen LogP contribution is -2.39. The number of hydrogen-bond donors (Lipinski definition) is 2. The van der Waals surface area contributed by atoms with Crippen LogP contribution in [0.1, 0.15) is 36.8 Å². The van der Waals surface area contributed by atoms with Crippen LogP contribution in [0.4, 0.5) is 0 Å². The maximum Gasteiger partial charge on any atom is 0.310 e. The van der Waals surface area contributed by atoms with Gasteiger partial charge in [-0.1, -0.05) is 24.3 Å². The number of carboxylic acid groups (broad SMARTS) is 1. The Balaban J connectivity index is 2.04. The molecular weight excluding hydrogens is 256 g/mol. The van der Waals surface area contributed by atoms with Crippen molar-refractivity contribution < 1.29 is 14.7 Å². The Morgan fingerprint density at radius 2 is 2.05 bits per heavy atom. The molecule has 1 aliphatic heterocycles. The molecule has 3 N–H and O–H groups in total. The highest BCUT2D eigenvalue weighted by atomic mass is 16.4. The summed E-state index contributed by atoms with van der Waals surface area (Å²) in [5.74, 6) is -1.60. The number of nitrogens with zero attached hydrogens (tertiary/aromatic N) is 1. The molecule has 108 valence electrons. The topological polar surface area (TPSA) is 83.6 Å². The Morgan fingerprint density at radius 1 is 1.40 bits per heavy atom. The highest BCUT2D eigenvalue weighted by Crippen LogP contribution is 2.21. The van der Waals surface area contributed by atoms with E-state index in [9.17, 15) is 9.59 Å².